The topological polar surface area (TPSA) is 103 Å². The van der Waals surface area contributed by atoms with Crippen molar-refractivity contribution < 1.29 is 14.3 Å². The Hall–Kier alpha value is -2.01. The van der Waals surface area contributed by atoms with Crippen molar-refractivity contribution in [2.24, 2.45) is 0 Å². The molecule has 1 saturated carbocycles. The molecule has 180 valence electrons. The third-order valence-corrected chi connectivity index (χ3v) is 7.72. The van der Waals surface area contributed by atoms with Crippen LogP contribution in [-0.4, -0.2) is 65.5 Å². The van der Waals surface area contributed by atoms with Crippen LogP contribution < -0.4 is 10.6 Å². The summed E-state index contributed by atoms with van der Waals surface area (Å²) in [5.74, 6) is 2.21. The number of anilines is 2. The van der Waals surface area contributed by atoms with Crippen LogP contribution in [0.3, 0.4) is 0 Å². The first kappa shape index (κ1) is 24.1. The maximum atomic E-state index is 12.0. The van der Waals surface area contributed by atoms with Crippen LogP contribution in [0.15, 0.2) is 12.3 Å². The Morgan fingerprint density at radius 3 is 2.73 bits per heavy atom. The molecule has 2 aromatic rings. The minimum atomic E-state index is -1.17. The molecule has 1 atom stereocenters. The molecule has 0 bridgehead atoms. The Morgan fingerprint density at radius 2 is 2.09 bits per heavy atom. The number of hydrogen-bond acceptors (Lipinski definition) is 7. The molecule has 0 radical (unpaired) electrons. The molecule has 1 amide bonds. The quantitative estimate of drug-likeness (QED) is 0.263. The number of pyridine rings is 1. The van der Waals surface area contributed by atoms with Crippen LogP contribution in [0.25, 0.3) is 11.4 Å². The zero-order valence-corrected chi connectivity index (χ0v) is 21.3. The second-order valence-electron chi connectivity index (χ2n) is 9.90. The molecule has 2 fully saturated rings. The number of nitrogens with zero attached hydrogens (tertiary/aromatic N) is 4. The Balaban J connectivity index is 1.56. The third kappa shape index (κ3) is 6.53. The summed E-state index contributed by atoms with van der Waals surface area (Å²) < 4.78 is 13.6. The van der Waals surface area contributed by atoms with Crippen LogP contribution in [0.5, 0.6) is 0 Å². The van der Waals surface area contributed by atoms with Crippen LogP contribution in [-0.2, 0) is 21.0 Å². The molecule has 0 spiro atoms. The first-order valence-corrected chi connectivity index (χ1v) is 15.8. The van der Waals surface area contributed by atoms with Gasteiger partial charge in [-0.05, 0) is 31.4 Å². The molecule has 33 heavy (non-hydrogen) atoms. The zero-order valence-electron chi connectivity index (χ0n) is 19.6. The number of ether oxygens (including phenoxy) is 2. The van der Waals surface area contributed by atoms with Gasteiger partial charge in [0.1, 0.15) is 24.3 Å². The van der Waals surface area contributed by atoms with Gasteiger partial charge in [-0.15, -0.1) is 21.8 Å². The zero-order chi connectivity index (χ0) is 23.4. The molecule has 2 aromatic heterocycles. The highest BCUT2D eigenvalue weighted by atomic mass is 35.5. The van der Waals surface area contributed by atoms with Crippen molar-refractivity contribution in [2.45, 2.75) is 63.7 Å². The summed E-state index contributed by atoms with van der Waals surface area (Å²) in [5, 5.41) is 15.0. The van der Waals surface area contributed by atoms with Crippen molar-refractivity contribution in [3.05, 3.63) is 18.1 Å². The lowest BCUT2D eigenvalue weighted by molar-refractivity contribution is -0.113. The van der Waals surface area contributed by atoms with E-state index in [-0.39, 0.29) is 17.9 Å². The average molecular weight is 493 g/mol. The Morgan fingerprint density at radius 1 is 1.30 bits per heavy atom. The summed E-state index contributed by atoms with van der Waals surface area (Å²) in [6.07, 6.45) is 5.17. The fraction of sp³-hybridized carbons (Fsp3) is 0.636. The van der Waals surface area contributed by atoms with Crippen molar-refractivity contribution in [3.8, 4) is 11.4 Å². The average Bonchev–Trinajstić information content (AvgIpc) is 3.49. The number of aromatic nitrogens is 4. The molecule has 3 heterocycles. The Labute approximate surface area is 200 Å². The van der Waals surface area contributed by atoms with Gasteiger partial charge in [0.05, 0.1) is 11.8 Å². The van der Waals surface area contributed by atoms with Crippen molar-refractivity contribution in [1.29, 1.82) is 0 Å². The molecule has 4 rings (SSSR count). The van der Waals surface area contributed by atoms with E-state index < -0.39 is 8.07 Å². The van der Waals surface area contributed by atoms with E-state index in [4.69, 9.17) is 21.1 Å². The maximum absolute atomic E-state index is 12.0. The third-order valence-electron chi connectivity index (χ3n) is 5.77. The van der Waals surface area contributed by atoms with Gasteiger partial charge in [0.15, 0.2) is 5.82 Å². The predicted molar refractivity (Wildman–Crippen MR) is 132 cm³/mol. The summed E-state index contributed by atoms with van der Waals surface area (Å²) in [6.45, 7) is 9.55. The lowest BCUT2D eigenvalue weighted by Gasteiger charge is -2.27. The molecule has 0 aromatic carbocycles. The van der Waals surface area contributed by atoms with Crippen LogP contribution in [0, 0.1) is 0 Å². The van der Waals surface area contributed by atoms with Crippen molar-refractivity contribution >= 4 is 37.1 Å². The van der Waals surface area contributed by atoms with Gasteiger partial charge >= 0.3 is 0 Å². The van der Waals surface area contributed by atoms with E-state index in [9.17, 15) is 4.79 Å². The van der Waals surface area contributed by atoms with E-state index in [0.717, 1.165) is 49.9 Å². The first-order chi connectivity index (χ1) is 15.8. The summed E-state index contributed by atoms with van der Waals surface area (Å²) in [4.78, 5) is 16.6. The van der Waals surface area contributed by atoms with Gasteiger partial charge in [0.2, 0.25) is 5.91 Å². The Kier molecular flexibility index (Phi) is 7.68. The van der Waals surface area contributed by atoms with E-state index in [2.05, 4.69) is 45.5 Å². The smallest absolute Gasteiger partial charge is 0.239 e. The van der Waals surface area contributed by atoms with Crippen LogP contribution in [0.1, 0.15) is 31.0 Å². The number of amides is 1. The lowest BCUT2D eigenvalue weighted by atomic mass is 10.2. The summed E-state index contributed by atoms with van der Waals surface area (Å²) in [6, 6.07) is 2.96. The van der Waals surface area contributed by atoms with E-state index in [1.165, 1.54) is 0 Å². The van der Waals surface area contributed by atoms with Crippen LogP contribution >= 0.6 is 11.6 Å². The highest BCUT2D eigenvalue weighted by Gasteiger charge is 2.31. The number of halogens is 1. The summed E-state index contributed by atoms with van der Waals surface area (Å²) in [5.41, 5.74) is 1.32. The minimum absolute atomic E-state index is 0.137. The molecular formula is C22H33ClN6O3Si. The van der Waals surface area contributed by atoms with Gasteiger partial charge in [-0.3, -0.25) is 9.36 Å². The Bertz CT molecular complexity index is 972. The minimum Gasteiger partial charge on any atom is -0.376 e. The summed E-state index contributed by atoms with van der Waals surface area (Å²) >= 11 is 5.73. The number of carbonyl (C=O) groups is 1. The molecule has 1 aliphatic heterocycles. The molecule has 1 aliphatic carbocycles. The van der Waals surface area contributed by atoms with Gasteiger partial charge in [-0.2, -0.15) is 0 Å². The SMILES string of the molecule is C[Si](C)(C)CCOCn1c(-c2cnc(NCC3CCO3)c(NC(=O)CCl)c2)nnc1C1CC1. The highest BCUT2D eigenvalue weighted by molar-refractivity contribution is 6.76. The highest BCUT2D eigenvalue weighted by Crippen LogP contribution is 2.40. The fourth-order valence-corrected chi connectivity index (χ4v) is 4.32. The monoisotopic (exact) mass is 492 g/mol. The number of carbonyl (C=O) groups excluding carboxylic acids is 1. The molecular weight excluding hydrogens is 460 g/mol. The van der Waals surface area contributed by atoms with E-state index >= 15 is 0 Å². The fourth-order valence-electron chi connectivity index (χ4n) is 3.50. The van der Waals surface area contributed by atoms with Crippen molar-refractivity contribution in [3.63, 3.8) is 0 Å². The van der Waals surface area contributed by atoms with Gasteiger partial charge in [-0.1, -0.05) is 19.6 Å². The van der Waals surface area contributed by atoms with Gasteiger partial charge in [0, 0.05) is 45.5 Å². The first-order valence-electron chi connectivity index (χ1n) is 11.6. The number of alkyl halides is 1. The predicted octanol–water partition coefficient (Wildman–Crippen LogP) is 3.91. The normalized spacial score (nSPS) is 18.1. The number of nitrogens with one attached hydrogen (secondary N) is 2. The van der Waals surface area contributed by atoms with Crippen LogP contribution in [0.4, 0.5) is 11.5 Å². The van der Waals surface area contributed by atoms with Crippen molar-refractivity contribution in [1.82, 2.24) is 19.7 Å². The van der Waals surface area contributed by atoms with E-state index in [1.807, 2.05) is 10.6 Å². The molecule has 2 N–H and O–H groups in total. The molecule has 2 aliphatic rings. The van der Waals surface area contributed by atoms with Gasteiger partial charge < -0.3 is 20.1 Å². The van der Waals surface area contributed by atoms with Crippen LogP contribution in [0.2, 0.25) is 25.7 Å². The molecule has 1 unspecified atom stereocenters. The second kappa shape index (κ2) is 10.5. The lowest BCUT2D eigenvalue weighted by Crippen LogP contribution is -2.33. The standard InChI is InChI=1S/C22H33ClN6O3Si/c1-33(2,3)9-8-31-14-29-21(15-4-5-15)27-28-22(29)16-10-18(26-19(30)11-23)20(24-12-16)25-13-17-6-7-32-17/h10,12,15,17H,4-9,11,13-14H2,1-3H3,(H,24,25)(H,26,30). The molecule has 11 heteroatoms. The van der Waals surface area contributed by atoms with Gasteiger partial charge in [-0.25, -0.2) is 4.98 Å². The number of rotatable bonds is 12. The van der Waals surface area contributed by atoms with E-state index in [0.29, 0.717) is 36.5 Å². The molecule has 9 nitrogen and oxygen atoms in total. The van der Waals surface area contributed by atoms with Gasteiger partial charge in [0.25, 0.3) is 0 Å². The largest absolute Gasteiger partial charge is 0.376 e. The molecule has 1 saturated heterocycles. The van der Waals surface area contributed by atoms with Crippen molar-refractivity contribution in [2.75, 3.05) is 36.3 Å². The maximum Gasteiger partial charge on any atom is 0.239 e. The number of hydrogen-bond donors (Lipinski definition) is 2. The van der Waals surface area contributed by atoms with E-state index in [1.54, 1.807) is 6.20 Å². The summed E-state index contributed by atoms with van der Waals surface area (Å²) in [7, 11) is -1.17. The second-order valence-corrected chi connectivity index (χ2v) is 15.8.